The van der Waals surface area contributed by atoms with Crippen LogP contribution in [0, 0.1) is 0 Å². The van der Waals surface area contributed by atoms with Crippen LogP contribution in [0.5, 0.6) is 0 Å². The van der Waals surface area contributed by atoms with E-state index in [-0.39, 0.29) is 12.7 Å². The summed E-state index contributed by atoms with van der Waals surface area (Å²) in [6.45, 7) is 3.10. The van der Waals surface area contributed by atoms with E-state index in [4.69, 9.17) is 4.74 Å². The van der Waals surface area contributed by atoms with Gasteiger partial charge in [-0.25, -0.2) is 0 Å². The van der Waals surface area contributed by atoms with E-state index < -0.39 is 0 Å². The van der Waals surface area contributed by atoms with Gasteiger partial charge >= 0.3 is 0 Å². The molecule has 2 atom stereocenters. The van der Waals surface area contributed by atoms with Crippen molar-refractivity contribution >= 4 is 0 Å². The number of aliphatic hydroxyl groups excluding tert-OH is 1. The lowest BCUT2D eigenvalue weighted by molar-refractivity contribution is -0.000575. The summed E-state index contributed by atoms with van der Waals surface area (Å²) in [6.07, 6.45) is 6.08. The van der Waals surface area contributed by atoms with Gasteiger partial charge in [-0.05, 0) is 36.9 Å². The average Bonchev–Trinajstić information content (AvgIpc) is 2.72. The number of hydrogen-bond donors (Lipinski definition) is 1. The molecular formula is C17H25NO2. The molecule has 0 aliphatic carbocycles. The molecule has 0 aromatic heterocycles. The lowest BCUT2D eigenvalue weighted by Gasteiger charge is -2.34. The SMILES string of the molecule is OCC1CCCCCN1CC1OCCc2ccccc21. The van der Waals surface area contributed by atoms with Crippen molar-refractivity contribution in [3.05, 3.63) is 35.4 Å². The van der Waals surface area contributed by atoms with Gasteiger partial charge in [-0.15, -0.1) is 0 Å². The fourth-order valence-corrected chi connectivity index (χ4v) is 3.52. The number of benzene rings is 1. The lowest BCUT2D eigenvalue weighted by Crippen LogP contribution is -2.41. The molecule has 1 N–H and O–H groups in total. The minimum absolute atomic E-state index is 0.173. The zero-order chi connectivity index (χ0) is 13.8. The van der Waals surface area contributed by atoms with Gasteiger partial charge in [0.25, 0.3) is 0 Å². The molecular weight excluding hydrogens is 250 g/mol. The molecule has 0 bridgehead atoms. The number of fused-ring (bicyclic) bond motifs is 1. The van der Waals surface area contributed by atoms with E-state index in [2.05, 4.69) is 29.2 Å². The van der Waals surface area contributed by atoms with Crippen LogP contribution in [0.25, 0.3) is 0 Å². The summed E-state index contributed by atoms with van der Waals surface area (Å²) in [5.41, 5.74) is 2.78. The molecule has 0 saturated carbocycles. The Bertz CT molecular complexity index is 435. The van der Waals surface area contributed by atoms with Crippen LogP contribution in [-0.2, 0) is 11.2 Å². The van der Waals surface area contributed by atoms with Gasteiger partial charge in [0.05, 0.1) is 19.3 Å². The fourth-order valence-electron chi connectivity index (χ4n) is 3.52. The molecule has 2 aliphatic heterocycles. The van der Waals surface area contributed by atoms with Crippen LogP contribution in [0.1, 0.15) is 42.9 Å². The number of likely N-dealkylation sites (tertiary alicyclic amines) is 1. The van der Waals surface area contributed by atoms with Gasteiger partial charge in [0.2, 0.25) is 0 Å². The second-order valence-corrected chi connectivity index (χ2v) is 5.99. The number of rotatable bonds is 3. The van der Waals surface area contributed by atoms with Crippen molar-refractivity contribution in [2.45, 2.75) is 44.2 Å². The minimum atomic E-state index is 0.173. The highest BCUT2D eigenvalue weighted by atomic mass is 16.5. The summed E-state index contributed by atoms with van der Waals surface area (Å²) in [5.74, 6) is 0. The highest BCUT2D eigenvalue weighted by molar-refractivity contribution is 5.31. The van der Waals surface area contributed by atoms with Crippen molar-refractivity contribution in [2.24, 2.45) is 0 Å². The molecule has 110 valence electrons. The van der Waals surface area contributed by atoms with Gasteiger partial charge in [0.1, 0.15) is 0 Å². The summed E-state index contributed by atoms with van der Waals surface area (Å²) >= 11 is 0. The van der Waals surface area contributed by atoms with E-state index in [0.29, 0.717) is 6.04 Å². The van der Waals surface area contributed by atoms with Crippen LogP contribution in [-0.4, -0.2) is 42.4 Å². The fraction of sp³-hybridized carbons (Fsp3) is 0.647. The van der Waals surface area contributed by atoms with Crippen molar-refractivity contribution in [3.8, 4) is 0 Å². The summed E-state index contributed by atoms with van der Waals surface area (Å²) < 4.78 is 6.02. The number of nitrogens with zero attached hydrogens (tertiary/aromatic N) is 1. The molecule has 1 aromatic carbocycles. The lowest BCUT2D eigenvalue weighted by atomic mass is 9.97. The van der Waals surface area contributed by atoms with E-state index in [1.165, 1.54) is 30.4 Å². The summed E-state index contributed by atoms with van der Waals surface area (Å²) in [4.78, 5) is 2.44. The Morgan fingerprint density at radius 3 is 3.00 bits per heavy atom. The number of ether oxygens (including phenoxy) is 1. The molecule has 2 unspecified atom stereocenters. The highest BCUT2D eigenvalue weighted by Gasteiger charge is 2.27. The maximum atomic E-state index is 9.63. The minimum Gasteiger partial charge on any atom is -0.395 e. The molecule has 2 aliphatic rings. The van der Waals surface area contributed by atoms with E-state index in [0.717, 1.165) is 32.5 Å². The largest absolute Gasteiger partial charge is 0.395 e. The monoisotopic (exact) mass is 275 g/mol. The van der Waals surface area contributed by atoms with Gasteiger partial charge < -0.3 is 9.84 Å². The Kier molecular flexibility index (Phi) is 4.71. The molecule has 1 saturated heterocycles. The number of hydrogen-bond acceptors (Lipinski definition) is 3. The number of aliphatic hydroxyl groups is 1. The second kappa shape index (κ2) is 6.70. The first-order valence-corrected chi connectivity index (χ1v) is 7.93. The van der Waals surface area contributed by atoms with Crippen LogP contribution < -0.4 is 0 Å². The van der Waals surface area contributed by atoms with E-state index in [9.17, 15) is 5.11 Å². The molecule has 1 aromatic rings. The molecule has 3 rings (SSSR count). The molecule has 2 heterocycles. The first-order valence-electron chi connectivity index (χ1n) is 7.93. The normalized spacial score (nSPS) is 27.9. The third kappa shape index (κ3) is 3.05. The highest BCUT2D eigenvalue weighted by Crippen LogP contribution is 2.29. The topological polar surface area (TPSA) is 32.7 Å². The first kappa shape index (κ1) is 14.1. The van der Waals surface area contributed by atoms with Gasteiger partial charge in [0.15, 0.2) is 0 Å². The molecule has 20 heavy (non-hydrogen) atoms. The van der Waals surface area contributed by atoms with Gasteiger partial charge in [-0.1, -0.05) is 37.1 Å². The maximum Gasteiger partial charge on any atom is 0.0954 e. The average molecular weight is 275 g/mol. The van der Waals surface area contributed by atoms with Crippen molar-refractivity contribution in [3.63, 3.8) is 0 Å². The Morgan fingerprint density at radius 2 is 2.10 bits per heavy atom. The second-order valence-electron chi connectivity index (χ2n) is 5.99. The smallest absolute Gasteiger partial charge is 0.0954 e. The molecule has 3 heteroatoms. The zero-order valence-corrected chi connectivity index (χ0v) is 12.1. The predicted molar refractivity (Wildman–Crippen MR) is 79.8 cm³/mol. The maximum absolute atomic E-state index is 9.63. The molecule has 0 radical (unpaired) electrons. The third-order valence-electron chi connectivity index (χ3n) is 4.70. The summed E-state index contributed by atoms with van der Waals surface area (Å²) in [6, 6.07) is 8.95. The van der Waals surface area contributed by atoms with Crippen LogP contribution in [0.3, 0.4) is 0 Å². The van der Waals surface area contributed by atoms with Gasteiger partial charge in [0, 0.05) is 12.6 Å². The van der Waals surface area contributed by atoms with Crippen LogP contribution in [0.2, 0.25) is 0 Å². The van der Waals surface area contributed by atoms with Crippen LogP contribution in [0.15, 0.2) is 24.3 Å². The Balaban J connectivity index is 1.73. The van der Waals surface area contributed by atoms with E-state index in [1.807, 2.05) is 0 Å². The van der Waals surface area contributed by atoms with Crippen molar-refractivity contribution in [1.82, 2.24) is 4.90 Å². The van der Waals surface area contributed by atoms with Crippen molar-refractivity contribution in [1.29, 1.82) is 0 Å². The standard InChI is InChI=1S/C17H25NO2/c19-13-15-7-2-1-5-10-18(15)12-17-16-8-4-3-6-14(16)9-11-20-17/h3-4,6,8,15,17,19H,1-2,5,7,9-13H2. The Labute approximate surface area is 121 Å². The van der Waals surface area contributed by atoms with Crippen LogP contribution >= 0.6 is 0 Å². The third-order valence-corrected chi connectivity index (χ3v) is 4.70. The van der Waals surface area contributed by atoms with Gasteiger partial charge in [-0.2, -0.15) is 0 Å². The quantitative estimate of drug-likeness (QED) is 0.920. The molecule has 1 fully saturated rings. The zero-order valence-electron chi connectivity index (χ0n) is 12.1. The molecule has 3 nitrogen and oxygen atoms in total. The van der Waals surface area contributed by atoms with E-state index >= 15 is 0 Å². The molecule has 0 spiro atoms. The predicted octanol–water partition coefficient (Wildman–Crippen LogP) is 2.54. The Hall–Kier alpha value is -0.900. The van der Waals surface area contributed by atoms with Gasteiger partial charge in [-0.3, -0.25) is 4.90 Å². The first-order chi connectivity index (χ1) is 9.88. The van der Waals surface area contributed by atoms with Crippen molar-refractivity contribution in [2.75, 3.05) is 26.3 Å². The van der Waals surface area contributed by atoms with Crippen molar-refractivity contribution < 1.29 is 9.84 Å². The molecule has 0 amide bonds. The Morgan fingerprint density at radius 1 is 1.20 bits per heavy atom. The summed E-state index contributed by atoms with van der Waals surface area (Å²) in [5, 5.41) is 9.63. The summed E-state index contributed by atoms with van der Waals surface area (Å²) in [7, 11) is 0. The van der Waals surface area contributed by atoms with Crippen LogP contribution in [0.4, 0.5) is 0 Å². The van der Waals surface area contributed by atoms with E-state index in [1.54, 1.807) is 0 Å².